The maximum Gasteiger partial charge on any atom is 0.179 e. The van der Waals surface area contributed by atoms with Gasteiger partial charge in [-0.2, -0.15) is 0 Å². The number of halogens is 2. The third-order valence-electron chi connectivity index (χ3n) is 4.04. The number of carbonyl (C=O) groups is 1. The largest absolute Gasteiger partial charge is 0.383 e. The monoisotopic (exact) mass is 297 g/mol. The van der Waals surface area contributed by atoms with Gasteiger partial charge in [-0.05, 0) is 37.8 Å². The van der Waals surface area contributed by atoms with Crippen LogP contribution in [0.2, 0.25) is 0 Å². The van der Waals surface area contributed by atoms with Crippen LogP contribution in [-0.2, 0) is 4.74 Å². The van der Waals surface area contributed by atoms with Crippen LogP contribution in [-0.4, -0.2) is 43.5 Å². The summed E-state index contributed by atoms with van der Waals surface area (Å²) in [7, 11) is 1.61. The van der Waals surface area contributed by atoms with Crippen molar-refractivity contribution < 1.29 is 18.3 Å². The number of ketones is 1. The van der Waals surface area contributed by atoms with Gasteiger partial charge in [0.1, 0.15) is 11.6 Å². The van der Waals surface area contributed by atoms with Gasteiger partial charge in [0.2, 0.25) is 0 Å². The van der Waals surface area contributed by atoms with Crippen LogP contribution in [0.1, 0.15) is 30.1 Å². The van der Waals surface area contributed by atoms with E-state index in [0.717, 1.165) is 12.1 Å². The molecule has 0 heterocycles. The van der Waals surface area contributed by atoms with E-state index in [1.54, 1.807) is 7.11 Å². The normalized spacial score (nSPS) is 16.2. The first-order chi connectivity index (χ1) is 10.0. The molecule has 0 N–H and O–H groups in total. The lowest BCUT2D eigenvalue weighted by atomic mass is 10.1. The molecule has 1 fully saturated rings. The van der Waals surface area contributed by atoms with Gasteiger partial charge in [-0.25, -0.2) is 8.78 Å². The van der Waals surface area contributed by atoms with E-state index in [1.165, 1.54) is 18.9 Å². The molecule has 1 saturated carbocycles. The van der Waals surface area contributed by atoms with Crippen LogP contribution in [0.3, 0.4) is 0 Å². The minimum Gasteiger partial charge on any atom is -0.383 e. The maximum atomic E-state index is 13.7. The Morgan fingerprint density at radius 3 is 2.71 bits per heavy atom. The van der Waals surface area contributed by atoms with Crippen LogP contribution in [0.5, 0.6) is 0 Å². The van der Waals surface area contributed by atoms with Gasteiger partial charge in [-0.1, -0.05) is 0 Å². The lowest BCUT2D eigenvalue weighted by Gasteiger charge is -2.28. The van der Waals surface area contributed by atoms with Crippen molar-refractivity contribution in [2.75, 3.05) is 26.8 Å². The Kier molecular flexibility index (Phi) is 5.42. The second-order valence-corrected chi connectivity index (χ2v) is 5.59. The third kappa shape index (κ3) is 4.32. The number of methoxy groups -OCH3 is 1. The number of carbonyl (C=O) groups excluding carboxylic acids is 1. The van der Waals surface area contributed by atoms with Gasteiger partial charge >= 0.3 is 0 Å². The molecule has 116 valence electrons. The molecular weight excluding hydrogens is 276 g/mol. The van der Waals surface area contributed by atoms with Crippen LogP contribution in [0.15, 0.2) is 18.2 Å². The Hall–Kier alpha value is -1.33. The van der Waals surface area contributed by atoms with E-state index in [0.29, 0.717) is 19.1 Å². The van der Waals surface area contributed by atoms with Gasteiger partial charge in [0.25, 0.3) is 0 Å². The Morgan fingerprint density at radius 1 is 1.43 bits per heavy atom. The average molecular weight is 297 g/mol. The molecule has 2 rings (SSSR count). The standard InChI is InChI=1S/C16H21F2NO2/c1-11(12-3-4-12)19(7-8-21-2)10-16(20)14-6-5-13(17)9-15(14)18/h5-6,9,11-12H,3-4,7-8,10H2,1-2H3. The Balaban J connectivity index is 2.05. The first-order valence-corrected chi connectivity index (χ1v) is 7.24. The molecule has 1 atom stereocenters. The molecule has 0 spiro atoms. The molecule has 1 unspecified atom stereocenters. The molecule has 0 aliphatic heterocycles. The first-order valence-electron chi connectivity index (χ1n) is 7.24. The summed E-state index contributed by atoms with van der Waals surface area (Å²) in [4.78, 5) is 14.3. The summed E-state index contributed by atoms with van der Waals surface area (Å²) in [5.41, 5.74) is -0.0539. The van der Waals surface area contributed by atoms with Gasteiger partial charge in [0, 0.05) is 25.8 Å². The number of benzene rings is 1. The Bertz CT molecular complexity index is 503. The van der Waals surface area contributed by atoms with Crippen molar-refractivity contribution in [3.63, 3.8) is 0 Å². The fourth-order valence-corrected chi connectivity index (χ4v) is 2.50. The van der Waals surface area contributed by atoms with E-state index < -0.39 is 11.6 Å². The maximum absolute atomic E-state index is 13.7. The molecule has 1 aliphatic carbocycles. The number of rotatable bonds is 8. The van der Waals surface area contributed by atoms with E-state index in [4.69, 9.17) is 4.74 Å². The lowest BCUT2D eigenvalue weighted by molar-refractivity contribution is 0.0813. The molecule has 1 aromatic rings. The van der Waals surface area contributed by atoms with Crippen molar-refractivity contribution in [3.8, 4) is 0 Å². The predicted octanol–water partition coefficient (Wildman–Crippen LogP) is 2.89. The molecule has 0 bridgehead atoms. The summed E-state index contributed by atoms with van der Waals surface area (Å²) in [6.45, 7) is 3.37. The van der Waals surface area contributed by atoms with Gasteiger partial charge in [0.15, 0.2) is 5.78 Å². The second-order valence-electron chi connectivity index (χ2n) is 5.59. The van der Waals surface area contributed by atoms with E-state index in [9.17, 15) is 13.6 Å². The van der Waals surface area contributed by atoms with Gasteiger partial charge in [-0.3, -0.25) is 9.69 Å². The van der Waals surface area contributed by atoms with Gasteiger partial charge in [0.05, 0.1) is 18.7 Å². The predicted molar refractivity (Wildman–Crippen MR) is 76.3 cm³/mol. The third-order valence-corrected chi connectivity index (χ3v) is 4.04. The lowest BCUT2D eigenvalue weighted by Crippen LogP contribution is -2.40. The topological polar surface area (TPSA) is 29.5 Å². The van der Waals surface area contributed by atoms with E-state index >= 15 is 0 Å². The summed E-state index contributed by atoms with van der Waals surface area (Å²) in [5.74, 6) is -1.19. The summed E-state index contributed by atoms with van der Waals surface area (Å²) in [5, 5.41) is 0. The van der Waals surface area contributed by atoms with E-state index in [-0.39, 0.29) is 23.9 Å². The van der Waals surface area contributed by atoms with Crippen LogP contribution in [0, 0.1) is 17.6 Å². The highest BCUT2D eigenvalue weighted by Gasteiger charge is 2.32. The van der Waals surface area contributed by atoms with Crippen LogP contribution in [0.25, 0.3) is 0 Å². The molecule has 0 radical (unpaired) electrons. The number of nitrogens with zero attached hydrogens (tertiary/aromatic N) is 1. The molecule has 1 aliphatic rings. The van der Waals surface area contributed by atoms with Crippen LogP contribution < -0.4 is 0 Å². The highest BCUT2D eigenvalue weighted by atomic mass is 19.1. The zero-order chi connectivity index (χ0) is 15.4. The van der Waals surface area contributed by atoms with E-state index in [2.05, 4.69) is 6.92 Å². The van der Waals surface area contributed by atoms with Crippen LogP contribution in [0.4, 0.5) is 8.78 Å². The molecule has 0 saturated heterocycles. The Labute approximate surface area is 123 Å². The Morgan fingerprint density at radius 2 is 2.14 bits per heavy atom. The minimum atomic E-state index is -0.800. The van der Waals surface area contributed by atoms with Gasteiger partial charge in [-0.15, -0.1) is 0 Å². The quantitative estimate of drug-likeness (QED) is 0.691. The summed E-state index contributed by atoms with van der Waals surface area (Å²) >= 11 is 0. The molecule has 5 heteroatoms. The molecule has 3 nitrogen and oxygen atoms in total. The highest BCUT2D eigenvalue weighted by Crippen LogP contribution is 2.35. The second kappa shape index (κ2) is 7.09. The first kappa shape index (κ1) is 16.0. The van der Waals surface area contributed by atoms with E-state index in [1.807, 2.05) is 4.90 Å². The number of hydrogen-bond acceptors (Lipinski definition) is 3. The SMILES string of the molecule is COCCN(CC(=O)c1ccc(F)cc1F)C(C)C1CC1. The summed E-state index contributed by atoms with van der Waals surface area (Å²) in [6, 6.07) is 3.34. The number of Topliss-reactive ketones (excluding diaryl/α,β-unsaturated/α-hetero) is 1. The number of ether oxygens (including phenoxy) is 1. The van der Waals surface area contributed by atoms with Gasteiger partial charge < -0.3 is 4.74 Å². The summed E-state index contributed by atoms with van der Waals surface area (Å²) in [6.07, 6.45) is 2.34. The minimum absolute atomic E-state index is 0.0539. The highest BCUT2D eigenvalue weighted by molar-refractivity contribution is 5.97. The number of hydrogen-bond donors (Lipinski definition) is 0. The zero-order valence-electron chi connectivity index (χ0n) is 12.4. The van der Waals surface area contributed by atoms with Crippen molar-refractivity contribution in [1.29, 1.82) is 0 Å². The zero-order valence-corrected chi connectivity index (χ0v) is 12.4. The van der Waals surface area contributed by atoms with Crippen molar-refractivity contribution in [2.45, 2.75) is 25.8 Å². The molecule has 0 amide bonds. The fraction of sp³-hybridized carbons (Fsp3) is 0.562. The van der Waals surface area contributed by atoms with Crippen molar-refractivity contribution >= 4 is 5.78 Å². The van der Waals surface area contributed by atoms with Crippen molar-refractivity contribution in [2.24, 2.45) is 5.92 Å². The molecule has 0 aromatic heterocycles. The smallest absolute Gasteiger partial charge is 0.179 e. The fourth-order valence-electron chi connectivity index (χ4n) is 2.50. The van der Waals surface area contributed by atoms with Crippen molar-refractivity contribution in [1.82, 2.24) is 4.90 Å². The molecule has 1 aromatic carbocycles. The van der Waals surface area contributed by atoms with Crippen LogP contribution >= 0.6 is 0 Å². The summed E-state index contributed by atoms with van der Waals surface area (Å²) < 4.78 is 31.6. The molecular formula is C16H21F2NO2. The van der Waals surface area contributed by atoms with Crippen molar-refractivity contribution in [3.05, 3.63) is 35.4 Å². The average Bonchev–Trinajstić information content (AvgIpc) is 3.26. The molecule has 21 heavy (non-hydrogen) atoms.